The summed E-state index contributed by atoms with van der Waals surface area (Å²) in [4.78, 5) is 11.8. The molecule has 25 heavy (non-hydrogen) atoms. The van der Waals surface area contributed by atoms with Crippen LogP contribution in [0.1, 0.15) is 25.0 Å². The standard InChI is InChI=1S/C20H26N2O2.ClH/c1-15(16(2)21)20(23)22-13-12-17-8-10-19(11-9-17)24-14-18-6-4-3-5-7-18;/h3-11,15-16H,12-14,21H2,1-2H3,(H,22,23);1H. The lowest BCUT2D eigenvalue weighted by Crippen LogP contribution is -2.39. The fourth-order valence-electron chi connectivity index (χ4n) is 2.22. The molecular formula is C20H27ClN2O2. The van der Waals surface area contributed by atoms with Crippen molar-refractivity contribution >= 4 is 18.3 Å². The summed E-state index contributed by atoms with van der Waals surface area (Å²) in [6.45, 7) is 4.86. The number of halogens is 1. The van der Waals surface area contributed by atoms with E-state index >= 15 is 0 Å². The van der Waals surface area contributed by atoms with E-state index in [-0.39, 0.29) is 30.3 Å². The third kappa shape index (κ3) is 7.16. The second kappa shape index (κ2) is 10.7. The van der Waals surface area contributed by atoms with Crippen molar-refractivity contribution in [1.29, 1.82) is 0 Å². The first-order valence-corrected chi connectivity index (χ1v) is 8.35. The minimum Gasteiger partial charge on any atom is -0.489 e. The Bertz CT molecular complexity index is 630. The highest BCUT2D eigenvalue weighted by Gasteiger charge is 2.15. The van der Waals surface area contributed by atoms with Crippen molar-refractivity contribution in [3.63, 3.8) is 0 Å². The predicted octanol–water partition coefficient (Wildman–Crippen LogP) is 3.33. The molecule has 0 aliphatic carbocycles. The minimum atomic E-state index is -0.168. The Morgan fingerprint density at radius 2 is 1.68 bits per heavy atom. The normalized spacial score (nSPS) is 12.6. The second-order valence-electron chi connectivity index (χ2n) is 6.11. The van der Waals surface area contributed by atoms with E-state index in [0.29, 0.717) is 13.2 Å². The monoisotopic (exact) mass is 362 g/mol. The van der Waals surface area contributed by atoms with Gasteiger partial charge in [-0.25, -0.2) is 0 Å². The smallest absolute Gasteiger partial charge is 0.224 e. The molecule has 136 valence electrons. The summed E-state index contributed by atoms with van der Waals surface area (Å²) in [5.74, 6) is 0.684. The zero-order valence-electron chi connectivity index (χ0n) is 14.8. The fourth-order valence-corrected chi connectivity index (χ4v) is 2.22. The van der Waals surface area contributed by atoms with Gasteiger partial charge in [0.05, 0.1) is 0 Å². The van der Waals surface area contributed by atoms with E-state index in [1.807, 2.05) is 68.4 Å². The summed E-state index contributed by atoms with van der Waals surface area (Å²) in [5, 5.41) is 2.92. The van der Waals surface area contributed by atoms with E-state index in [9.17, 15) is 4.79 Å². The third-order valence-electron chi connectivity index (χ3n) is 4.09. The SMILES string of the molecule is CC(N)C(C)C(=O)NCCc1ccc(OCc2ccccc2)cc1.Cl. The molecule has 2 aromatic carbocycles. The molecule has 0 aliphatic rings. The molecule has 0 saturated heterocycles. The van der Waals surface area contributed by atoms with Crippen LogP contribution in [-0.2, 0) is 17.8 Å². The van der Waals surface area contributed by atoms with Gasteiger partial charge in [-0.15, -0.1) is 12.4 Å². The lowest BCUT2D eigenvalue weighted by atomic mass is 10.0. The van der Waals surface area contributed by atoms with Gasteiger partial charge in [-0.3, -0.25) is 4.79 Å². The number of nitrogens with one attached hydrogen (secondary N) is 1. The average molecular weight is 363 g/mol. The minimum absolute atomic E-state index is 0. The topological polar surface area (TPSA) is 64.4 Å². The zero-order chi connectivity index (χ0) is 17.4. The Morgan fingerprint density at radius 1 is 1.04 bits per heavy atom. The molecule has 0 saturated carbocycles. The van der Waals surface area contributed by atoms with Crippen LogP contribution in [0.5, 0.6) is 5.75 Å². The molecule has 4 nitrogen and oxygen atoms in total. The van der Waals surface area contributed by atoms with Gasteiger partial charge in [0, 0.05) is 18.5 Å². The van der Waals surface area contributed by atoms with Crippen LogP contribution in [0.15, 0.2) is 54.6 Å². The van der Waals surface area contributed by atoms with Crippen LogP contribution < -0.4 is 15.8 Å². The van der Waals surface area contributed by atoms with E-state index in [2.05, 4.69) is 5.32 Å². The summed E-state index contributed by atoms with van der Waals surface area (Å²) in [6, 6.07) is 17.9. The van der Waals surface area contributed by atoms with Crippen molar-refractivity contribution in [2.75, 3.05) is 6.54 Å². The molecule has 0 bridgehead atoms. The Kier molecular flexibility index (Phi) is 9.03. The molecule has 5 heteroatoms. The molecule has 0 aliphatic heterocycles. The van der Waals surface area contributed by atoms with Gasteiger partial charge in [0.25, 0.3) is 0 Å². The van der Waals surface area contributed by atoms with E-state index in [4.69, 9.17) is 10.5 Å². The number of benzene rings is 2. The Morgan fingerprint density at radius 3 is 2.28 bits per heavy atom. The van der Waals surface area contributed by atoms with Crippen LogP contribution >= 0.6 is 12.4 Å². The van der Waals surface area contributed by atoms with Crippen LogP contribution in [0, 0.1) is 5.92 Å². The number of hydrogen-bond donors (Lipinski definition) is 2. The first kappa shape index (κ1) is 21.0. The highest BCUT2D eigenvalue weighted by Crippen LogP contribution is 2.14. The summed E-state index contributed by atoms with van der Waals surface area (Å²) < 4.78 is 5.76. The van der Waals surface area contributed by atoms with Gasteiger partial charge in [-0.2, -0.15) is 0 Å². The summed E-state index contributed by atoms with van der Waals surface area (Å²) in [6.07, 6.45) is 0.788. The predicted molar refractivity (Wildman–Crippen MR) is 104 cm³/mol. The number of amides is 1. The van der Waals surface area contributed by atoms with Crippen LogP contribution in [0.4, 0.5) is 0 Å². The molecule has 0 heterocycles. The molecule has 0 spiro atoms. The summed E-state index contributed by atoms with van der Waals surface area (Å²) in [5.41, 5.74) is 8.04. The van der Waals surface area contributed by atoms with Gasteiger partial charge in [0.1, 0.15) is 12.4 Å². The Balaban J connectivity index is 0.00000312. The maximum absolute atomic E-state index is 11.8. The fraction of sp³-hybridized carbons (Fsp3) is 0.350. The van der Waals surface area contributed by atoms with Crippen molar-refractivity contribution in [1.82, 2.24) is 5.32 Å². The van der Waals surface area contributed by atoms with Crippen LogP contribution in [0.25, 0.3) is 0 Å². The van der Waals surface area contributed by atoms with Crippen molar-refractivity contribution in [2.45, 2.75) is 32.9 Å². The quantitative estimate of drug-likeness (QED) is 0.757. The Labute approximate surface area is 156 Å². The van der Waals surface area contributed by atoms with Gasteiger partial charge < -0.3 is 15.8 Å². The molecular weight excluding hydrogens is 336 g/mol. The highest BCUT2D eigenvalue weighted by atomic mass is 35.5. The van der Waals surface area contributed by atoms with Gasteiger partial charge in [-0.1, -0.05) is 49.4 Å². The molecule has 2 atom stereocenters. The molecule has 0 radical (unpaired) electrons. The van der Waals surface area contributed by atoms with Gasteiger partial charge in [-0.05, 0) is 36.6 Å². The van der Waals surface area contributed by atoms with Crippen molar-refractivity contribution in [3.05, 3.63) is 65.7 Å². The van der Waals surface area contributed by atoms with E-state index in [0.717, 1.165) is 23.3 Å². The number of ether oxygens (including phenoxy) is 1. The number of carbonyl (C=O) groups is 1. The first-order valence-electron chi connectivity index (χ1n) is 8.35. The van der Waals surface area contributed by atoms with Crippen LogP contribution in [0.3, 0.4) is 0 Å². The molecule has 3 N–H and O–H groups in total. The van der Waals surface area contributed by atoms with Gasteiger partial charge in [0.2, 0.25) is 5.91 Å². The van der Waals surface area contributed by atoms with E-state index < -0.39 is 0 Å². The number of carbonyl (C=O) groups excluding carboxylic acids is 1. The van der Waals surface area contributed by atoms with Crippen LogP contribution in [0.2, 0.25) is 0 Å². The first-order chi connectivity index (χ1) is 11.6. The number of rotatable bonds is 8. The molecule has 2 aromatic rings. The highest BCUT2D eigenvalue weighted by molar-refractivity contribution is 5.85. The number of hydrogen-bond acceptors (Lipinski definition) is 3. The van der Waals surface area contributed by atoms with Crippen molar-refractivity contribution < 1.29 is 9.53 Å². The molecule has 2 unspecified atom stereocenters. The van der Waals surface area contributed by atoms with Crippen LogP contribution in [-0.4, -0.2) is 18.5 Å². The van der Waals surface area contributed by atoms with Crippen molar-refractivity contribution in [3.8, 4) is 5.75 Å². The van der Waals surface area contributed by atoms with E-state index in [1.165, 1.54) is 0 Å². The average Bonchev–Trinajstić information content (AvgIpc) is 2.61. The number of nitrogens with two attached hydrogens (primary N) is 1. The van der Waals surface area contributed by atoms with Gasteiger partial charge in [0.15, 0.2) is 0 Å². The lowest BCUT2D eigenvalue weighted by molar-refractivity contribution is -0.124. The van der Waals surface area contributed by atoms with Crippen molar-refractivity contribution in [2.24, 2.45) is 11.7 Å². The van der Waals surface area contributed by atoms with E-state index in [1.54, 1.807) is 0 Å². The molecule has 2 rings (SSSR count). The summed E-state index contributed by atoms with van der Waals surface area (Å²) >= 11 is 0. The molecule has 0 fully saturated rings. The molecule has 1 amide bonds. The zero-order valence-corrected chi connectivity index (χ0v) is 15.6. The molecule has 0 aromatic heterocycles. The third-order valence-corrected chi connectivity index (χ3v) is 4.09. The largest absolute Gasteiger partial charge is 0.489 e. The maximum Gasteiger partial charge on any atom is 0.224 e. The van der Waals surface area contributed by atoms with Gasteiger partial charge >= 0.3 is 0 Å². The second-order valence-corrected chi connectivity index (χ2v) is 6.11. The lowest BCUT2D eigenvalue weighted by Gasteiger charge is -2.15. The summed E-state index contributed by atoms with van der Waals surface area (Å²) in [7, 11) is 0. The Hall–Kier alpha value is -2.04. The maximum atomic E-state index is 11.8.